The van der Waals surface area contributed by atoms with E-state index in [1.165, 1.54) is 12.4 Å². The normalized spacial score (nSPS) is 12.9. The third kappa shape index (κ3) is 9.42. The molecule has 2 unspecified atom stereocenters. The third-order valence-electron chi connectivity index (χ3n) is 6.80. The van der Waals surface area contributed by atoms with E-state index < -0.39 is 0 Å². The molecule has 2 atom stereocenters. The molecule has 2 heterocycles. The Labute approximate surface area is 257 Å². The van der Waals surface area contributed by atoms with Crippen LogP contribution in [0.5, 0.6) is 11.5 Å². The summed E-state index contributed by atoms with van der Waals surface area (Å²) in [6.07, 6.45) is 6.20. The number of aliphatic imine (C=N–C) groups is 2. The first kappa shape index (κ1) is 30.3. The standard InChI is InChI=1S/C36H34N4O4/c41-33-17-15-31(37-21-33)19-39-35(29-7-3-1-4-8-29)25-43-23-27-11-13-28(14-12-27)24-44-26-36(30-9-5-2-6-10-30)40-20-32-16-18-34(42)22-38-32/h1-22,35-36,41-42H,23-26H2. The van der Waals surface area contributed by atoms with E-state index in [2.05, 4.69) is 9.97 Å². The molecule has 0 spiro atoms. The Morgan fingerprint density at radius 3 is 1.32 bits per heavy atom. The SMILES string of the molecule is Oc1ccc(C=NC(COCc2ccc(COCC(N=Cc3ccc(O)cn3)c3ccccc3)cc2)c2ccccc2)nc1. The maximum Gasteiger partial charge on any atom is 0.133 e. The summed E-state index contributed by atoms with van der Waals surface area (Å²) in [5.41, 5.74) is 5.53. The fraction of sp³-hybridized carbons (Fsp3) is 0.167. The topological polar surface area (TPSA) is 109 Å². The molecule has 8 nitrogen and oxygen atoms in total. The molecule has 8 heteroatoms. The molecule has 2 N–H and O–H groups in total. The Hall–Kier alpha value is -5.18. The second-order valence-corrected chi connectivity index (χ2v) is 10.1. The van der Waals surface area contributed by atoms with Crippen molar-refractivity contribution in [2.45, 2.75) is 25.3 Å². The summed E-state index contributed by atoms with van der Waals surface area (Å²) in [7, 11) is 0. The number of pyridine rings is 2. The maximum atomic E-state index is 9.48. The summed E-state index contributed by atoms with van der Waals surface area (Å²) in [6.45, 7) is 1.72. The highest BCUT2D eigenvalue weighted by Crippen LogP contribution is 2.20. The van der Waals surface area contributed by atoms with Gasteiger partial charge in [-0.2, -0.15) is 0 Å². The molecule has 222 valence electrons. The molecule has 0 saturated heterocycles. The van der Waals surface area contributed by atoms with Crippen LogP contribution >= 0.6 is 0 Å². The van der Waals surface area contributed by atoms with E-state index in [1.807, 2.05) is 84.9 Å². The van der Waals surface area contributed by atoms with Crippen LogP contribution in [0, 0.1) is 0 Å². The van der Waals surface area contributed by atoms with Gasteiger partial charge in [-0.25, -0.2) is 0 Å². The number of hydrogen-bond acceptors (Lipinski definition) is 8. The van der Waals surface area contributed by atoms with Crippen molar-refractivity contribution in [3.63, 3.8) is 0 Å². The molecule has 0 aliphatic heterocycles. The van der Waals surface area contributed by atoms with Crippen LogP contribution in [0.15, 0.2) is 132 Å². The van der Waals surface area contributed by atoms with Crippen LogP contribution in [0.4, 0.5) is 0 Å². The number of hydrogen-bond donors (Lipinski definition) is 2. The van der Waals surface area contributed by atoms with Gasteiger partial charge in [-0.05, 0) is 46.5 Å². The molecule has 0 bridgehead atoms. The molecule has 5 aromatic rings. The predicted molar refractivity (Wildman–Crippen MR) is 171 cm³/mol. The van der Waals surface area contributed by atoms with E-state index in [0.29, 0.717) is 37.8 Å². The molecule has 44 heavy (non-hydrogen) atoms. The van der Waals surface area contributed by atoms with Gasteiger partial charge in [-0.3, -0.25) is 20.0 Å². The molecule has 2 aromatic heterocycles. The van der Waals surface area contributed by atoms with Crippen molar-refractivity contribution in [3.8, 4) is 11.5 Å². The minimum absolute atomic E-state index is 0.118. The van der Waals surface area contributed by atoms with Crippen molar-refractivity contribution in [3.05, 3.63) is 155 Å². The van der Waals surface area contributed by atoms with Crippen LogP contribution in [0.1, 0.15) is 45.7 Å². The molecular weight excluding hydrogens is 552 g/mol. The lowest BCUT2D eigenvalue weighted by atomic mass is 10.1. The first-order valence-electron chi connectivity index (χ1n) is 14.3. The Bertz CT molecular complexity index is 1490. The molecule has 5 rings (SSSR count). The Balaban J connectivity index is 1.13. The fourth-order valence-electron chi connectivity index (χ4n) is 4.39. The summed E-state index contributed by atoms with van der Waals surface area (Å²) in [6, 6.07) is 34.4. The summed E-state index contributed by atoms with van der Waals surface area (Å²) in [5, 5.41) is 19.0. The van der Waals surface area contributed by atoms with Gasteiger partial charge in [-0.15, -0.1) is 0 Å². The predicted octanol–water partition coefficient (Wildman–Crippen LogP) is 6.64. The van der Waals surface area contributed by atoms with Crippen LogP contribution in [0.2, 0.25) is 0 Å². The molecular formula is C36H34N4O4. The van der Waals surface area contributed by atoms with Crippen molar-refractivity contribution in [2.75, 3.05) is 13.2 Å². The van der Waals surface area contributed by atoms with Gasteiger partial charge in [0.2, 0.25) is 0 Å². The zero-order valence-corrected chi connectivity index (χ0v) is 24.2. The van der Waals surface area contributed by atoms with Crippen molar-refractivity contribution >= 4 is 12.4 Å². The highest BCUT2D eigenvalue weighted by atomic mass is 16.5. The van der Waals surface area contributed by atoms with Gasteiger partial charge in [0, 0.05) is 12.4 Å². The van der Waals surface area contributed by atoms with Crippen LogP contribution in [0.3, 0.4) is 0 Å². The largest absolute Gasteiger partial charge is 0.506 e. The summed E-state index contributed by atoms with van der Waals surface area (Å²) in [5.74, 6) is 0.237. The van der Waals surface area contributed by atoms with Gasteiger partial charge >= 0.3 is 0 Å². The lowest BCUT2D eigenvalue weighted by Gasteiger charge is -2.15. The van der Waals surface area contributed by atoms with Crippen molar-refractivity contribution in [2.24, 2.45) is 9.98 Å². The van der Waals surface area contributed by atoms with E-state index >= 15 is 0 Å². The lowest BCUT2D eigenvalue weighted by molar-refractivity contribution is 0.107. The van der Waals surface area contributed by atoms with E-state index in [1.54, 1.807) is 36.7 Å². The second kappa shape index (κ2) is 15.9. The Kier molecular flexibility index (Phi) is 10.9. The molecule has 0 radical (unpaired) electrons. The Morgan fingerprint density at radius 1 is 0.545 bits per heavy atom. The van der Waals surface area contributed by atoms with E-state index in [-0.39, 0.29) is 23.6 Å². The van der Waals surface area contributed by atoms with E-state index in [4.69, 9.17) is 19.5 Å². The smallest absolute Gasteiger partial charge is 0.133 e. The fourth-order valence-corrected chi connectivity index (χ4v) is 4.39. The number of ether oxygens (including phenoxy) is 2. The van der Waals surface area contributed by atoms with Crippen LogP contribution in [-0.2, 0) is 22.7 Å². The number of benzene rings is 3. The van der Waals surface area contributed by atoms with Crippen molar-refractivity contribution in [1.29, 1.82) is 0 Å². The zero-order chi connectivity index (χ0) is 30.4. The summed E-state index contributed by atoms with van der Waals surface area (Å²) in [4.78, 5) is 17.8. The van der Waals surface area contributed by atoms with Crippen molar-refractivity contribution in [1.82, 2.24) is 9.97 Å². The quantitative estimate of drug-likeness (QED) is 0.141. The first-order chi connectivity index (χ1) is 21.6. The molecule has 0 aliphatic rings. The van der Waals surface area contributed by atoms with Gasteiger partial charge in [0.1, 0.15) is 11.5 Å². The van der Waals surface area contributed by atoms with Crippen molar-refractivity contribution < 1.29 is 19.7 Å². The molecule has 0 fully saturated rings. The van der Waals surface area contributed by atoms with Gasteiger partial charge in [0.25, 0.3) is 0 Å². The number of nitrogens with zero attached hydrogens (tertiary/aromatic N) is 4. The van der Waals surface area contributed by atoms with Crippen LogP contribution in [0.25, 0.3) is 0 Å². The third-order valence-corrected chi connectivity index (χ3v) is 6.80. The molecule has 0 aliphatic carbocycles. The number of aromatic hydroxyl groups is 2. The molecule has 0 saturated carbocycles. The highest BCUT2D eigenvalue weighted by Gasteiger charge is 2.11. The monoisotopic (exact) mass is 586 g/mol. The van der Waals surface area contributed by atoms with Gasteiger partial charge in [0.05, 0.1) is 62.3 Å². The maximum absolute atomic E-state index is 9.48. The van der Waals surface area contributed by atoms with Gasteiger partial charge in [0.15, 0.2) is 0 Å². The van der Waals surface area contributed by atoms with Crippen LogP contribution < -0.4 is 0 Å². The van der Waals surface area contributed by atoms with Crippen LogP contribution in [-0.4, -0.2) is 45.8 Å². The van der Waals surface area contributed by atoms with Gasteiger partial charge < -0.3 is 19.7 Å². The van der Waals surface area contributed by atoms with Gasteiger partial charge in [-0.1, -0.05) is 84.9 Å². The first-order valence-corrected chi connectivity index (χ1v) is 14.3. The minimum Gasteiger partial charge on any atom is -0.506 e. The minimum atomic E-state index is -0.190. The average Bonchev–Trinajstić information content (AvgIpc) is 3.07. The van der Waals surface area contributed by atoms with E-state index in [0.717, 1.165) is 22.3 Å². The summed E-state index contributed by atoms with van der Waals surface area (Å²) >= 11 is 0. The Morgan fingerprint density at radius 2 is 0.955 bits per heavy atom. The zero-order valence-electron chi connectivity index (χ0n) is 24.2. The number of rotatable bonds is 14. The highest BCUT2D eigenvalue weighted by molar-refractivity contribution is 5.77. The molecule has 3 aromatic carbocycles. The average molecular weight is 587 g/mol. The molecule has 0 amide bonds. The second-order valence-electron chi connectivity index (χ2n) is 10.1. The number of aromatic nitrogens is 2. The lowest BCUT2D eigenvalue weighted by Crippen LogP contribution is -2.08. The van der Waals surface area contributed by atoms with E-state index in [9.17, 15) is 10.2 Å². The summed E-state index contributed by atoms with van der Waals surface area (Å²) < 4.78 is 12.1.